The molecule has 1 aliphatic heterocycles. The second-order valence-corrected chi connectivity index (χ2v) is 5.58. The highest BCUT2D eigenvalue weighted by Crippen LogP contribution is 2.34. The number of hydrogen-bond acceptors (Lipinski definition) is 3. The second kappa shape index (κ2) is 6.02. The van der Waals surface area contributed by atoms with E-state index in [-0.39, 0.29) is 5.69 Å². The molecule has 0 spiro atoms. The van der Waals surface area contributed by atoms with Gasteiger partial charge in [0.1, 0.15) is 0 Å². The van der Waals surface area contributed by atoms with Crippen LogP contribution in [0.15, 0.2) is 48.5 Å². The number of hydrogen-bond donors (Lipinski definition) is 1. The third kappa shape index (κ3) is 3.36. The Balaban J connectivity index is 1.71. The molecule has 2 aromatic rings. The summed E-state index contributed by atoms with van der Waals surface area (Å²) in [6, 6.07) is 13.7. The molecule has 0 amide bonds. The molecule has 0 atom stereocenters. The average Bonchev–Trinajstić information content (AvgIpc) is 2.55. The Morgan fingerprint density at radius 1 is 0.826 bits per heavy atom. The van der Waals surface area contributed by atoms with Gasteiger partial charge in [-0.25, -0.2) is 0 Å². The van der Waals surface area contributed by atoms with Crippen LogP contribution in [-0.2, 0) is 6.18 Å². The average molecular weight is 321 g/mol. The number of nitrogens with zero attached hydrogens (tertiary/aromatic N) is 2. The van der Waals surface area contributed by atoms with Gasteiger partial charge in [-0.1, -0.05) is 18.2 Å². The third-order valence-corrected chi connectivity index (χ3v) is 4.10. The molecule has 2 N–H and O–H groups in total. The van der Waals surface area contributed by atoms with Gasteiger partial charge in [0.15, 0.2) is 0 Å². The summed E-state index contributed by atoms with van der Waals surface area (Å²) < 4.78 is 38.1. The van der Waals surface area contributed by atoms with Crippen LogP contribution in [0.25, 0.3) is 0 Å². The van der Waals surface area contributed by atoms with Crippen LogP contribution in [0.4, 0.5) is 30.2 Å². The van der Waals surface area contributed by atoms with Crippen molar-refractivity contribution in [2.45, 2.75) is 6.18 Å². The molecule has 3 nitrogen and oxygen atoms in total. The zero-order chi connectivity index (χ0) is 16.4. The highest BCUT2D eigenvalue weighted by molar-refractivity contribution is 5.69. The van der Waals surface area contributed by atoms with E-state index in [0.29, 0.717) is 5.69 Å². The van der Waals surface area contributed by atoms with Crippen LogP contribution in [0.1, 0.15) is 5.56 Å². The summed E-state index contributed by atoms with van der Waals surface area (Å²) in [5.74, 6) is 0. The molecule has 0 aromatic heterocycles. The summed E-state index contributed by atoms with van der Waals surface area (Å²) in [6.07, 6.45) is -4.36. The normalized spacial score (nSPS) is 15.8. The van der Waals surface area contributed by atoms with Crippen LogP contribution in [0, 0.1) is 0 Å². The fourth-order valence-corrected chi connectivity index (χ4v) is 2.86. The summed E-state index contributed by atoms with van der Waals surface area (Å²) in [7, 11) is 0. The Morgan fingerprint density at radius 2 is 1.43 bits per heavy atom. The zero-order valence-corrected chi connectivity index (χ0v) is 12.6. The van der Waals surface area contributed by atoms with Crippen LogP contribution in [0.2, 0.25) is 0 Å². The van der Waals surface area contributed by atoms with Crippen molar-refractivity contribution in [2.24, 2.45) is 0 Å². The summed E-state index contributed by atoms with van der Waals surface area (Å²) in [4.78, 5) is 4.30. The van der Waals surface area contributed by atoms with Gasteiger partial charge < -0.3 is 15.5 Å². The van der Waals surface area contributed by atoms with E-state index < -0.39 is 11.7 Å². The summed E-state index contributed by atoms with van der Waals surface area (Å²) in [6.45, 7) is 3.07. The zero-order valence-electron chi connectivity index (χ0n) is 12.6. The molecule has 2 aromatic carbocycles. The first-order chi connectivity index (χ1) is 10.9. The second-order valence-electron chi connectivity index (χ2n) is 5.58. The van der Waals surface area contributed by atoms with E-state index in [1.807, 2.05) is 23.1 Å². The fourth-order valence-electron chi connectivity index (χ4n) is 2.86. The molecule has 0 bridgehead atoms. The van der Waals surface area contributed by atoms with Crippen molar-refractivity contribution in [3.8, 4) is 0 Å². The lowest BCUT2D eigenvalue weighted by atomic mass is 10.1. The minimum atomic E-state index is -4.36. The maximum atomic E-state index is 12.7. The number of rotatable bonds is 2. The van der Waals surface area contributed by atoms with E-state index in [1.54, 1.807) is 0 Å². The predicted molar refractivity (Wildman–Crippen MR) is 86.7 cm³/mol. The van der Waals surface area contributed by atoms with E-state index in [9.17, 15) is 13.2 Å². The number of nitrogen functional groups attached to an aromatic ring is 1. The number of nitrogens with two attached hydrogens (primary N) is 1. The molecule has 1 heterocycles. The van der Waals surface area contributed by atoms with Gasteiger partial charge in [0, 0.05) is 31.9 Å². The van der Waals surface area contributed by atoms with E-state index in [4.69, 9.17) is 5.73 Å². The standard InChI is InChI=1S/C17H18F3N3/c18-17(19,20)13-6-7-16(15(21)12-13)23-10-8-22(9-11-23)14-4-2-1-3-5-14/h1-7,12H,8-11,21H2. The maximum Gasteiger partial charge on any atom is 0.416 e. The molecule has 122 valence electrons. The van der Waals surface area contributed by atoms with Crippen molar-refractivity contribution in [2.75, 3.05) is 41.7 Å². The van der Waals surface area contributed by atoms with Crippen molar-refractivity contribution in [3.05, 3.63) is 54.1 Å². The molecule has 0 saturated carbocycles. The van der Waals surface area contributed by atoms with Gasteiger partial charge in [0.05, 0.1) is 16.9 Å². The third-order valence-electron chi connectivity index (χ3n) is 4.10. The molecule has 3 rings (SSSR count). The first-order valence-corrected chi connectivity index (χ1v) is 7.47. The molecule has 0 aliphatic carbocycles. The minimum Gasteiger partial charge on any atom is -0.397 e. The quantitative estimate of drug-likeness (QED) is 0.858. The molecular weight excluding hydrogens is 303 g/mol. The van der Waals surface area contributed by atoms with Gasteiger partial charge in [0.25, 0.3) is 0 Å². The lowest BCUT2D eigenvalue weighted by molar-refractivity contribution is -0.137. The van der Waals surface area contributed by atoms with Gasteiger partial charge in [-0.05, 0) is 30.3 Å². The predicted octanol–water partition coefficient (Wildman–Crippen LogP) is 3.61. The van der Waals surface area contributed by atoms with Crippen molar-refractivity contribution in [1.29, 1.82) is 0 Å². The topological polar surface area (TPSA) is 32.5 Å². The molecule has 6 heteroatoms. The fraction of sp³-hybridized carbons (Fsp3) is 0.294. The first-order valence-electron chi connectivity index (χ1n) is 7.47. The van der Waals surface area contributed by atoms with Crippen molar-refractivity contribution in [1.82, 2.24) is 0 Å². The van der Waals surface area contributed by atoms with Crippen LogP contribution in [0.3, 0.4) is 0 Å². The lowest BCUT2D eigenvalue weighted by Crippen LogP contribution is -2.46. The number of halogens is 3. The first kappa shape index (κ1) is 15.5. The number of benzene rings is 2. The molecule has 0 unspecified atom stereocenters. The number of piperazine rings is 1. The Labute approximate surface area is 133 Å². The van der Waals surface area contributed by atoms with Crippen molar-refractivity contribution >= 4 is 17.1 Å². The molecule has 1 aliphatic rings. The van der Waals surface area contributed by atoms with E-state index in [2.05, 4.69) is 17.0 Å². The van der Waals surface area contributed by atoms with Gasteiger partial charge in [-0.2, -0.15) is 13.2 Å². The van der Waals surface area contributed by atoms with Crippen LogP contribution in [0.5, 0.6) is 0 Å². The Kier molecular flexibility index (Phi) is 4.07. The SMILES string of the molecule is Nc1cc(C(F)(F)F)ccc1N1CCN(c2ccccc2)CC1. The minimum absolute atomic E-state index is 0.174. The summed E-state index contributed by atoms with van der Waals surface area (Å²) in [5, 5.41) is 0. The van der Waals surface area contributed by atoms with Crippen molar-refractivity contribution in [3.63, 3.8) is 0 Å². The van der Waals surface area contributed by atoms with Gasteiger partial charge in [-0.3, -0.25) is 0 Å². The van der Waals surface area contributed by atoms with E-state index >= 15 is 0 Å². The maximum absolute atomic E-state index is 12.7. The molecule has 1 fully saturated rings. The van der Waals surface area contributed by atoms with Crippen molar-refractivity contribution < 1.29 is 13.2 Å². The Bertz CT molecular complexity index is 663. The van der Waals surface area contributed by atoms with E-state index in [1.165, 1.54) is 6.07 Å². The number of alkyl halides is 3. The number of anilines is 3. The highest BCUT2D eigenvalue weighted by Gasteiger charge is 2.31. The molecule has 1 saturated heterocycles. The number of para-hydroxylation sites is 1. The molecular formula is C17H18F3N3. The largest absolute Gasteiger partial charge is 0.416 e. The summed E-state index contributed by atoms with van der Waals surface area (Å²) in [5.41, 5.74) is 7.14. The van der Waals surface area contributed by atoms with Crippen LogP contribution < -0.4 is 15.5 Å². The Morgan fingerprint density at radius 3 is 2.00 bits per heavy atom. The van der Waals surface area contributed by atoms with Crippen LogP contribution in [-0.4, -0.2) is 26.2 Å². The van der Waals surface area contributed by atoms with Gasteiger partial charge in [0.2, 0.25) is 0 Å². The molecule has 23 heavy (non-hydrogen) atoms. The van der Waals surface area contributed by atoms with Crippen LogP contribution >= 0.6 is 0 Å². The van der Waals surface area contributed by atoms with Gasteiger partial charge >= 0.3 is 6.18 Å². The monoisotopic (exact) mass is 321 g/mol. The van der Waals surface area contributed by atoms with Gasteiger partial charge in [-0.15, -0.1) is 0 Å². The summed E-state index contributed by atoms with van der Waals surface area (Å²) >= 11 is 0. The highest BCUT2D eigenvalue weighted by atomic mass is 19.4. The Hall–Kier alpha value is -2.37. The molecule has 0 radical (unpaired) electrons. The smallest absolute Gasteiger partial charge is 0.397 e. The van der Waals surface area contributed by atoms with E-state index in [0.717, 1.165) is 44.0 Å². The lowest BCUT2D eigenvalue weighted by Gasteiger charge is -2.38.